The van der Waals surface area contributed by atoms with Crippen LogP contribution in [0.15, 0.2) is 0 Å². The summed E-state index contributed by atoms with van der Waals surface area (Å²) in [6, 6.07) is 0. The van der Waals surface area contributed by atoms with Crippen LogP contribution in [0.4, 0.5) is 0 Å². The second kappa shape index (κ2) is 1.95. The Labute approximate surface area is 62.2 Å². The van der Waals surface area contributed by atoms with E-state index in [1.54, 1.807) is 13.8 Å². The summed E-state index contributed by atoms with van der Waals surface area (Å²) in [6.07, 6.45) is 1.07. The molecule has 0 radical (unpaired) electrons. The van der Waals surface area contributed by atoms with Gasteiger partial charge in [0.2, 0.25) is 0 Å². The highest BCUT2D eigenvalue weighted by Crippen LogP contribution is 2.47. The average Bonchev–Trinajstić information content (AvgIpc) is 2.05. The van der Waals surface area contributed by atoms with Gasteiger partial charge < -0.3 is 9.84 Å². The van der Waals surface area contributed by atoms with E-state index in [2.05, 4.69) is 6.92 Å². The molecule has 0 aromatic carbocycles. The van der Waals surface area contributed by atoms with Crippen LogP contribution in [-0.4, -0.2) is 16.5 Å². The third kappa shape index (κ3) is 1.70. The van der Waals surface area contributed by atoms with E-state index in [-0.39, 0.29) is 5.60 Å². The van der Waals surface area contributed by atoms with Gasteiger partial charge in [-0.3, -0.25) is 0 Å². The number of ether oxygens (including phenoxy) is 1. The first-order valence-corrected chi connectivity index (χ1v) is 3.76. The van der Waals surface area contributed by atoms with Gasteiger partial charge in [-0.1, -0.05) is 6.92 Å². The van der Waals surface area contributed by atoms with Gasteiger partial charge in [0.05, 0.1) is 5.60 Å². The summed E-state index contributed by atoms with van der Waals surface area (Å²) in [5.41, 5.74) is -0.0573. The van der Waals surface area contributed by atoms with Crippen molar-refractivity contribution in [1.82, 2.24) is 0 Å². The Kier molecular flexibility index (Phi) is 1.57. The lowest BCUT2D eigenvalue weighted by molar-refractivity contribution is -0.214. The van der Waals surface area contributed by atoms with Crippen LogP contribution in [0.1, 0.15) is 34.1 Å². The van der Waals surface area contributed by atoms with Crippen LogP contribution in [0.3, 0.4) is 0 Å². The Bertz CT molecular complexity index is 137. The van der Waals surface area contributed by atoms with E-state index >= 15 is 0 Å². The molecule has 0 unspecified atom stereocenters. The van der Waals surface area contributed by atoms with Crippen LogP contribution in [0.5, 0.6) is 0 Å². The Morgan fingerprint density at radius 3 is 2.10 bits per heavy atom. The molecule has 0 saturated heterocycles. The number of rotatable bonds is 2. The van der Waals surface area contributed by atoms with Gasteiger partial charge in [0.25, 0.3) is 0 Å². The number of hydrogen-bond donors (Lipinski definition) is 1. The van der Waals surface area contributed by atoms with Gasteiger partial charge in [-0.15, -0.1) is 0 Å². The van der Waals surface area contributed by atoms with E-state index in [9.17, 15) is 5.11 Å². The van der Waals surface area contributed by atoms with Gasteiger partial charge in [-0.25, -0.2) is 0 Å². The van der Waals surface area contributed by atoms with Crippen molar-refractivity contribution in [3.8, 4) is 0 Å². The van der Waals surface area contributed by atoms with Crippen molar-refractivity contribution in [1.29, 1.82) is 0 Å². The summed E-state index contributed by atoms with van der Waals surface area (Å²) in [5, 5.41) is 9.29. The lowest BCUT2D eigenvalue weighted by atomic mass is 10.3. The fourth-order valence-electron chi connectivity index (χ4n) is 1.26. The molecule has 1 N–H and O–H groups in total. The van der Waals surface area contributed by atoms with Crippen molar-refractivity contribution in [3.63, 3.8) is 0 Å². The van der Waals surface area contributed by atoms with Crippen LogP contribution in [-0.2, 0) is 4.74 Å². The third-order valence-electron chi connectivity index (χ3n) is 2.08. The number of hydrogen-bond acceptors (Lipinski definition) is 2. The first-order chi connectivity index (χ1) is 4.33. The molecule has 0 spiro atoms. The fourth-order valence-corrected chi connectivity index (χ4v) is 1.26. The zero-order chi connectivity index (χ0) is 7.99. The molecule has 1 saturated carbocycles. The Morgan fingerprint density at radius 1 is 1.60 bits per heavy atom. The van der Waals surface area contributed by atoms with Crippen LogP contribution >= 0.6 is 0 Å². The van der Waals surface area contributed by atoms with E-state index in [1.165, 1.54) is 0 Å². The molecule has 60 valence electrons. The zero-order valence-electron chi connectivity index (χ0n) is 7.14. The molecule has 2 nitrogen and oxygen atoms in total. The monoisotopic (exact) mass is 144 g/mol. The predicted molar refractivity (Wildman–Crippen MR) is 39.6 cm³/mol. The lowest BCUT2D eigenvalue weighted by Crippen LogP contribution is -2.30. The Balaban J connectivity index is 2.41. The van der Waals surface area contributed by atoms with Crippen LogP contribution < -0.4 is 0 Å². The highest BCUT2D eigenvalue weighted by atomic mass is 16.6. The van der Waals surface area contributed by atoms with Gasteiger partial charge in [-0.2, -0.15) is 0 Å². The summed E-state index contributed by atoms with van der Waals surface area (Å²) in [7, 11) is 0. The minimum absolute atomic E-state index is 0.0573. The summed E-state index contributed by atoms with van der Waals surface area (Å²) < 4.78 is 5.40. The van der Waals surface area contributed by atoms with E-state index in [4.69, 9.17) is 4.74 Å². The van der Waals surface area contributed by atoms with Gasteiger partial charge in [0, 0.05) is 0 Å². The molecule has 0 aromatic rings. The molecule has 0 aliphatic heterocycles. The van der Waals surface area contributed by atoms with E-state index in [0.29, 0.717) is 5.92 Å². The Morgan fingerprint density at radius 2 is 2.00 bits per heavy atom. The van der Waals surface area contributed by atoms with Gasteiger partial charge >= 0.3 is 0 Å². The molecule has 0 amide bonds. The van der Waals surface area contributed by atoms with Crippen molar-refractivity contribution < 1.29 is 9.84 Å². The molecule has 0 heterocycles. The van der Waals surface area contributed by atoms with Gasteiger partial charge in [0.15, 0.2) is 5.79 Å². The SMILES string of the molecule is C[C@H]1C[C@@]1(C)OC(C)(C)O. The standard InChI is InChI=1S/C8H16O2/c1-6-5-8(6,4)10-7(2,3)9/h6,9H,5H2,1-4H3/t6-,8+/m0/s1. The topological polar surface area (TPSA) is 29.5 Å². The second-order valence-electron chi connectivity index (χ2n) is 3.97. The van der Waals surface area contributed by atoms with Crippen molar-refractivity contribution in [3.05, 3.63) is 0 Å². The molecule has 1 aliphatic carbocycles. The summed E-state index contributed by atoms with van der Waals surface area (Å²) >= 11 is 0. The first kappa shape index (κ1) is 8.02. The van der Waals surface area contributed by atoms with Crippen LogP contribution in [0.2, 0.25) is 0 Å². The molecule has 1 rings (SSSR count). The van der Waals surface area contributed by atoms with Crippen molar-refractivity contribution in [2.45, 2.75) is 45.5 Å². The second-order valence-corrected chi connectivity index (χ2v) is 3.97. The molecular weight excluding hydrogens is 128 g/mol. The molecule has 1 fully saturated rings. The van der Waals surface area contributed by atoms with Crippen molar-refractivity contribution in [2.24, 2.45) is 5.92 Å². The van der Waals surface area contributed by atoms with E-state index < -0.39 is 5.79 Å². The summed E-state index contributed by atoms with van der Waals surface area (Å²) in [4.78, 5) is 0. The Hall–Kier alpha value is -0.0800. The van der Waals surface area contributed by atoms with Crippen molar-refractivity contribution >= 4 is 0 Å². The van der Waals surface area contributed by atoms with Crippen LogP contribution in [0.25, 0.3) is 0 Å². The molecule has 1 aliphatic rings. The zero-order valence-corrected chi connectivity index (χ0v) is 7.14. The van der Waals surface area contributed by atoms with Crippen LogP contribution in [0, 0.1) is 5.92 Å². The van der Waals surface area contributed by atoms with E-state index in [1.807, 2.05) is 6.92 Å². The average molecular weight is 144 g/mol. The van der Waals surface area contributed by atoms with Gasteiger partial charge in [0.1, 0.15) is 0 Å². The quantitative estimate of drug-likeness (QED) is 0.595. The third-order valence-corrected chi connectivity index (χ3v) is 2.08. The molecule has 0 bridgehead atoms. The van der Waals surface area contributed by atoms with E-state index in [0.717, 1.165) is 6.42 Å². The fraction of sp³-hybridized carbons (Fsp3) is 1.00. The minimum atomic E-state index is -0.973. The summed E-state index contributed by atoms with van der Waals surface area (Å²) in [5.74, 6) is -0.376. The minimum Gasteiger partial charge on any atom is -0.366 e. The molecular formula is C8H16O2. The first-order valence-electron chi connectivity index (χ1n) is 3.76. The van der Waals surface area contributed by atoms with Gasteiger partial charge in [-0.05, 0) is 33.1 Å². The predicted octanol–water partition coefficient (Wildman–Crippen LogP) is 1.53. The maximum Gasteiger partial charge on any atom is 0.160 e. The number of aliphatic hydroxyl groups is 1. The molecule has 2 atom stereocenters. The normalized spacial score (nSPS) is 39.9. The highest BCUT2D eigenvalue weighted by molar-refractivity contribution is 4.99. The maximum atomic E-state index is 9.29. The maximum absolute atomic E-state index is 9.29. The largest absolute Gasteiger partial charge is 0.366 e. The lowest BCUT2D eigenvalue weighted by Gasteiger charge is -2.23. The summed E-state index contributed by atoms with van der Waals surface area (Å²) in [6.45, 7) is 7.51. The molecule has 2 heteroatoms. The molecule has 0 aromatic heterocycles. The highest BCUT2D eigenvalue weighted by Gasteiger charge is 2.50. The molecule has 10 heavy (non-hydrogen) atoms. The smallest absolute Gasteiger partial charge is 0.160 e. The van der Waals surface area contributed by atoms with Crippen molar-refractivity contribution in [2.75, 3.05) is 0 Å².